The molecule has 2 aromatic heterocycles. The number of hydrogen-bond donors (Lipinski definition) is 0. The zero-order valence-corrected chi connectivity index (χ0v) is 13.7. The standard InChI is InChI=1S/C18H21N5O/c24-18-8-14-4-2-6-16(14)21-23(18)11-12-9-22(10-12)17-7-13-3-1-5-15(13)19-20-17/h7-8,12H,1-6,9-11H2. The Bertz CT molecular complexity index is 853. The molecule has 0 aromatic carbocycles. The first-order valence-corrected chi connectivity index (χ1v) is 8.96. The largest absolute Gasteiger partial charge is 0.354 e. The third-order valence-electron chi connectivity index (χ3n) is 5.54. The molecule has 0 spiro atoms. The molecule has 1 saturated heterocycles. The minimum atomic E-state index is 0.0476. The number of aryl methyl sites for hydroxylation is 4. The van der Waals surface area contributed by atoms with E-state index in [0.29, 0.717) is 12.5 Å². The van der Waals surface area contributed by atoms with E-state index in [-0.39, 0.29) is 5.56 Å². The van der Waals surface area contributed by atoms with Gasteiger partial charge in [0.15, 0.2) is 5.82 Å². The molecule has 5 rings (SSSR count). The van der Waals surface area contributed by atoms with Crippen LogP contribution in [0.2, 0.25) is 0 Å². The highest BCUT2D eigenvalue weighted by Crippen LogP contribution is 2.27. The molecule has 0 saturated carbocycles. The fraction of sp³-hybridized carbons (Fsp3) is 0.556. The lowest BCUT2D eigenvalue weighted by Gasteiger charge is -2.40. The molecule has 3 heterocycles. The molecule has 0 unspecified atom stereocenters. The molecule has 3 aliphatic rings. The molecule has 2 aromatic rings. The van der Waals surface area contributed by atoms with Gasteiger partial charge in [0.1, 0.15) is 0 Å². The summed E-state index contributed by atoms with van der Waals surface area (Å²) in [5, 5.41) is 13.3. The van der Waals surface area contributed by atoms with E-state index in [4.69, 9.17) is 0 Å². The zero-order valence-electron chi connectivity index (χ0n) is 13.7. The third kappa shape index (κ3) is 2.32. The van der Waals surface area contributed by atoms with Crippen LogP contribution in [0.25, 0.3) is 0 Å². The molecule has 0 atom stereocenters. The molecular weight excluding hydrogens is 302 g/mol. The van der Waals surface area contributed by atoms with E-state index in [1.807, 2.05) is 0 Å². The van der Waals surface area contributed by atoms with Gasteiger partial charge in [-0.25, -0.2) is 4.68 Å². The van der Waals surface area contributed by atoms with Crippen molar-refractivity contribution < 1.29 is 0 Å². The van der Waals surface area contributed by atoms with Crippen molar-refractivity contribution in [1.29, 1.82) is 0 Å². The molecule has 1 aliphatic heterocycles. The van der Waals surface area contributed by atoms with Gasteiger partial charge in [0.2, 0.25) is 0 Å². The minimum absolute atomic E-state index is 0.0476. The van der Waals surface area contributed by atoms with E-state index < -0.39 is 0 Å². The molecule has 124 valence electrons. The van der Waals surface area contributed by atoms with Gasteiger partial charge in [-0.3, -0.25) is 4.79 Å². The highest BCUT2D eigenvalue weighted by atomic mass is 16.1. The van der Waals surface area contributed by atoms with Crippen molar-refractivity contribution in [2.75, 3.05) is 18.0 Å². The van der Waals surface area contributed by atoms with Crippen LogP contribution in [0.4, 0.5) is 5.82 Å². The second-order valence-corrected chi connectivity index (χ2v) is 7.29. The van der Waals surface area contributed by atoms with Crippen LogP contribution < -0.4 is 10.5 Å². The van der Waals surface area contributed by atoms with Crippen molar-refractivity contribution in [3.05, 3.63) is 45.0 Å². The molecule has 6 heteroatoms. The maximum Gasteiger partial charge on any atom is 0.267 e. The SMILES string of the molecule is O=c1cc2c(nn1CC1CN(c3cc4c(nn3)CCC4)C1)CCC2. The smallest absolute Gasteiger partial charge is 0.267 e. The minimum Gasteiger partial charge on any atom is -0.354 e. The lowest BCUT2D eigenvalue weighted by molar-refractivity contribution is 0.331. The van der Waals surface area contributed by atoms with Crippen molar-refractivity contribution in [1.82, 2.24) is 20.0 Å². The van der Waals surface area contributed by atoms with E-state index in [1.54, 1.807) is 10.7 Å². The summed E-state index contributed by atoms with van der Waals surface area (Å²) in [5.41, 5.74) is 4.85. The van der Waals surface area contributed by atoms with Gasteiger partial charge >= 0.3 is 0 Å². The van der Waals surface area contributed by atoms with E-state index >= 15 is 0 Å². The Morgan fingerprint density at radius 3 is 2.54 bits per heavy atom. The summed E-state index contributed by atoms with van der Waals surface area (Å²) < 4.78 is 1.67. The molecule has 24 heavy (non-hydrogen) atoms. The van der Waals surface area contributed by atoms with Crippen molar-refractivity contribution in [2.24, 2.45) is 5.92 Å². The van der Waals surface area contributed by atoms with E-state index in [9.17, 15) is 4.79 Å². The fourth-order valence-corrected chi connectivity index (χ4v) is 4.16. The van der Waals surface area contributed by atoms with E-state index in [2.05, 4.69) is 26.3 Å². The zero-order chi connectivity index (χ0) is 16.1. The highest BCUT2D eigenvalue weighted by molar-refractivity contribution is 5.45. The summed E-state index contributed by atoms with van der Waals surface area (Å²) in [7, 11) is 0. The first kappa shape index (κ1) is 14.1. The van der Waals surface area contributed by atoms with Crippen molar-refractivity contribution in [3.8, 4) is 0 Å². The molecule has 2 aliphatic carbocycles. The van der Waals surface area contributed by atoms with E-state index in [1.165, 1.54) is 17.7 Å². The predicted molar refractivity (Wildman–Crippen MR) is 90.3 cm³/mol. The Balaban J connectivity index is 1.27. The first-order valence-electron chi connectivity index (χ1n) is 8.96. The third-order valence-corrected chi connectivity index (χ3v) is 5.54. The summed E-state index contributed by atoms with van der Waals surface area (Å²) in [6, 6.07) is 3.99. The predicted octanol–water partition coefficient (Wildman–Crippen LogP) is 1.15. The number of aromatic nitrogens is 4. The Labute approximate surface area is 140 Å². The number of nitrogens with zero attached hydrogens (tertiary/aromatic N) is 5. The van der Waals surface area contributed by atoms with Crippen LogP contribution in [0.5, 0.6) is 0 Å². The van der Waals surface area contributed by atoms with Crippen molar-refractivity contribution >= 4 is 5.82 Å². The van der Waals surface area contributed by atoms with Crippen LogP contribution in [0, 0.1) is 5.92 Å². The highest BCUT2D eigenvalue weighted by Gasteiger charge is 2.30. The van der Waals surface area contributed by atoms with Crippen LogP contribution in [-0.2, 0) is 32.2 Å². The Morgan fingerprint density at radius 2 is 1.71 bits per heavy atom. The molecule has 1 fully saturated rings. The molecule has 0 bridgehead atoms. The number of rotatable bonds is 3. The van der Waals surface area contributed by atoms with Crippen LogP contribution in [0.15, 0.2) is 16.9 Å². The van der Waals surface area contributed by atoms with Gasteiger partial charge in [-0.15, -0.1) is 5.10 Å². The molecular formula is C18H21N5O. The maximum atomic E-state index is 12.2. The first-order chi connectivity index (χ1) is 11.8. The van der Waals surface area contributed by atoms with Gasteiger partial charge in [0, 0.05) is 25.1 Å². The molecule has 0 N–H and O–H groups in total. The summed E-state index contributed by atoms with van der Waals surface area (Å²) in [6.07, 6.45) is 6.54. The van der Waals surface area contributed by atoms with Gasteiger partial charge in [-0.1, -0.05) is 0 Å². The van der Waals surface area contributed by atoms with Gasteiger partial charge in [0.05, 0.1) is 17.9 Å². The van der Waals surface area contributed by atoms with Crippen molar-refractivity contribution in [3.63, 3.8) is 0 Å². The van der Waals surface area contributed by atoms with Crippen LogP contribution in [-0.4, -0.2) is 33.1 Å². The lowest BCUT2D eigenvalue weighted by atomic mass is 10.00. The normalized spacial score (nSPS) is 19.2. The van der Waals surface area contributed by atoms with Crippen LogP contribution in [0.3, 0.4) is 0 Å². The Kier molecular flexibility index (Phi) is 3.18. The second-order valence-electron chi connectivity index (χ2n) is 7.29. The number of anilines is 1. The molecule has 0 amide bonds. The quantitative estimate of drug-likeness (QED) is 0.848. The van der Waals surface area contributed by atoms with Gasteiger partial charge < -0.3 is 4.90 Å². The fourth-order valence-electron chi connectivity index (χ4n) is 4.16. The maximum absolute atomic E-state index is 12.2. The van der Waals surface area contributed by atoms with Gasteiger partial charge in [-0.05, 0) is 55.7 Å². The number of fused-ring (bicyclic) bond motifs is 2. The molecule has 0 radical (unpaired) electrons. The topological polar surface area (TPSA) is 63.9 Å². The summed E-state index contributed by atoms with van der Waals surface area (Å²) in [4.78, 5) is 14.5. The van der Waals surface area contributed by atoms with E-state index in [0.717, 1.165) is 62.3 Å². The average Bonchev–Trinajstić information content (AvgIpc) is 3.17. The Morgan fingerprint density at radius 1 is 0.958 bits per heavy atom. The average molecular weight is 323 g/mol. The summed E-state index contributed by atoms with van der Waals surface area (Å²) in [6.45, 7) is 2.57. The monoisotopic (exact) mass is 323 g/mol. The van der Waals surface area contributed by atoms with Crippen LogP contribution in [0.1, 0.15) is 35.4 Å². The van der Waals surface area contributed by atoms with Gasteiger partial charge in [-0.2, -0.15) is 10.2 Å². The van der Waals surface area contributed by atoms with Crippen molar-refractivity contribution in [2.45, 2.75) is 45.1 Å². The second kappa shape index (κ2) is 5.40. The Hall–Kier alpha value is -2.24. The van der Waals surface area contributed by atoms with Crippen LogP contribution >= 0.6 is 0 Å². The summed E-state index contributed by atoms with van der Waals surface area (Å²) in [5.74, 6) is 1.45. The summed E-state index contributed by atoms with van der Waals surface area (Å²) >= 11 is 0. The number of hydrogen-bond acceptors (Lipinski definition) is 5. The van der Waals surface area contributed by atoms with Gasteiger partial charge in [0.25, 0.3) is 5.56 Å². The lowest BCUT2D eigenvalue weighted by Crippen LogP contribution is -2.50. The molecule has 6 nitrogen and oxygen atoms in total.